The number of nitrogens with zero attached hydrogens (tertiary/aromatic N) is 1. The second-order valence-electron chi connectivity index (χ2n) is 5.56. The molecule has 1 aliphatic heterocycles. The van der Waals surface area contributed by atoms with E-state index < -0.39 is 5.60 Å². The molecule has 2 amide bonds. The predicted molar refractivity (Wildman–Crippen MR) is 75.0 cm³/mol. The van der Waals surface area contributed by atoms with Crippen LogP contribution in [0.3, 0.4) is 0 Å². The lowest BCUT2D eigenvalue weighted by atomic mass is 10.1. The van der Waals surface area contributed by atoms with Gasteiger partial charge in [0.1, 0.15) is 5.82 Å². The highest BCUT2D eigenvalue weighted by molar-refractivity contribution is 5.89. The second-order valence-corrected chi connectivity index (χ2v) is 5.56. The van der Waals surface area contributed by atoms with E-state index in [0.29, 0.717) is 25.3 Å². The molecule has 1 fully saturated rings. The van der Waals surface area contributed by atoms with Crippen LogP contribution in [0.4, 0.5) is 14.9 Å². The summed E-state index contributed by atoms with van der Waals surface area (Å²) in [6.07, 6.45) is -0.183. The third kappa shape index (κ3) is 3.68. The quantitative estimate of drug-likeness (QED) is 0.868. The van der Waals surface area contributed by atoms with Gasteiger partial charge in [-0.2, -0.15) is 0 Å². The van der Waals surface area contributed by atoms with Crippen LogP contribution in [-0.2, 0) is 4.74 Å². The molecule has 0 bridgehead atoms. The standard InChI is InChI=1S/C14H20FN3O2/c1-14(2)9-18(8-12(7-16)20-14)13(19)17-11-5-3-4-10(15)6-11/h3-6,12H,7-9,16H2,1-2H3,(H,17,19). The van der Waals surface area contributed by atoms with Crippen molar-refractivity contribution in [3.8, 4) is 0 Å². The Kier molecular flexibility index (Phi) is 4.25. The normalized spacial score (nSPS) is 21.6. The van der Waals surface area contributed by atoms with E-state index in [1.165, 1.54) is 12.1 Å². The summed E-state index contributed by atoms with van der Waals surface area (Å²) in [6, 6.07) is 5.54. The van der Waals surface area contributed by atoms with E-state index in [1.807, 2.05) is 13.8 Å². The summed E-state index contributed by atoms with van der Waals surface area (Å²) in [5.74, 6) is -0.384. The van der Waals surface area contributed by atoms with E-state index in [2.05, 4.69) is 5.32 Å². The van der Waals surface area contributed by atoms with Crippen molar-refractivity contribution in [3.63, 3.8) is 0 Å². The monoisotopic (exact) mass is 281 g/mol. The SMILES string of the molecule is CC1(C)CN(C(=O)Nc2cccc(F)c2)CC(CN)O1. The average molecular weight is 281 g/mol. The van der Waals surface area contributed by atoms with E-state index >= 15 is 0 Å². The van der Waals surface area contributed by atoms with Gasteiger partial charge in [0.15, 0.2) is 0 Å². The fourth-order valence-electron chi connectivity index (χ4n) is 2.34. The lowest BCUT2D eigenvalue weighted by Crippen LogP contribution is -2.57. The van der Waals surface area contributed by atoms with E-state index in [-0.39, 0.29) is 18.0 Å². The maximum absolute atomic E-state index is 13.1. The van der Waals surface area contributed by atoms with Crippen molar-refractivity contribution >= 4 is 11.7 Å². The minimum Gasteiger partial charge on any atom is -0.367 e. The number of anilines is 1. The molecule has 0 aliphatic carbocycles. The molecule has 1 aromatic carbocycles. The molecule has 1 heterocycles. The Bertz CT molecular complexity index is 493. The van der Waals surface area contributed by atoms with Crippen molar-refractivity contribution in [2.75, 3.05) is 25.0 Å². The van der Waals surface area contributed by atoms with Gasteiger partial charge in [0.05, 0.1) is 18.2 Å². The van der Waals surface area contributed by atoms with Crippen LogP contribution in [0.2, 0.25) is 0 Å². The number of rotatable bonds is 2. The zero-order valence-electron chi connectivity index (χ0n) is 11.7. The first kappa shape index (κ1) is 14.7. The fourth-order valence-corrected chi connectivity index (χ4v) is 2.34. The highest BCUT2D eigenvalue weighted by Crippen LogP contribution is 2.21. The van der Waals surface area contributed by atoms with Crippen molar-refractivity contribution in [3.05, 3.63) is 30.1 Å². The first-order chi connectivity index (χ1) is 9.39. The van der Waals surface area contributed by atoms with Crippen molar-refractivity contribution in [2.45, 2.75) is 25.6 Å². The lowest BCUT2D eigenvalue weighted by molar-refractivity contribution is -0.119. The molecule has 1 atom stereocenters. The van der Waals surface area contributed by atoms with Crippen molar-refractivity contribution in [1.82, 2.24) is 4.90 Å². The van der Waals surface area contributed by atoms with E-state index in [0.717, 1.165) is 0 Å². The summed E-state index contributed by atoms with van der Waals surface area (Å²) in [4.78, 5) is 13.9. The molecular formula is C14H20FN3O2. The zero-order valence-corrected chi connectivity index (χ0v) is 11.7. The number of halogens is 1. The number of morpholine rings is 1. The van der Waals surface area contributed by atoms with Gasteiger partial charge in [-0.1, -0.05) is 6.07 Å². The van der Waals surface area contributed by atoms with Crippen LogP contribution in [0.15, 0.2) is 24.3 Å². The summed E-state index contributed by atoms with van der Waals surface area (Å²) < 4.78 is 18.9. The molecule has 0 aromatic heterocycles. The number of ether oxygens (including phenoxy) is 1. The lowest BCUT2D eigenvalue weighted by Gasteiger charge is -2.42. The van der Waals surface area contributed by atoms with Gasteiger partial charge in [0, 0.05) is 18.8 Å². The topological polar surface area (TPSA) is 67.6 Å². The van der Waals surface area contributed by atoms with Gasteiger partial charge in [-0.05, 0) is 32.0 Å². The molecule has 20 heavy (non-hydrogen) atoms. The molecule has 1 saturated heterocycles. The second kappa shape index (κ2) is 5.76. The number of nitrogens with one attached hydrogen (secondary N) is 1. The molecule has 0 spiro atoms. The molecule has 0 saturated carbocycles. The van der Waals surface area contributed by atoms with Crippen LogP contribution in [0.1, 0.15) is 13.8 Å². The summed E-state index contributed by atoms with van der Waals surface area (Å²) in [5.41, 5.74) is 5.62. The molecule has 2 rings (SSSR count). The highest BCUT2D eigenvalue weighted by atomic mass is 19.1. The fraction of sp³-hybridized carbons (Fsp3) is 0.500. The molecule has 1 aliphatic rings. The Balaban J connectivity index is 2.04. The van der Waals surface area contributed by atoms with Crippen molar-refractivity contribution in [2.24, 2.45) is 5.73 Å². The molecule has 3 N–H and O–H groups in total. The summed E-state index contributed by atoms with van der Waals surface area (Å²) in [6.45, 7) is 5.08. The minimum absolute atomic E-state index is 0.183. The summed E-state index contributed by atoms with van der Waals surface area (Å²) >= 11 is 0. The third-order valence-electron chi connectivity index (χ3n) is 3.11. The molecule has 5 nitrogen and oxygen atoms in total. The first-order valence-corrected chi connectivity index (χ1v) is 6.59. The summed E-state index contributed by atoms with van der Waals surface area (Å²) in [5, 5.41) is 2.69. The van der Waals surface area contributed by atoms with E-state index in [4.69, 9.17) is 10.5 Å². The van der Waals surface area contributed by atoms with E-state index in [9.17, 15) is 9.18 Å². The largest absolute Gasteiger partial charge is 0.367 e. The Labute approximate surface area is 117 Å². The predicted octanol–water partition coefficient (Wildman–Crippen LogP) is 1.80. The van der Waals surface area contributed by atoms with Crippen LogP contribution < -0.4 is 11.1 Å². The molecule has 0 radical (unpaired) electrons. The van der Waals surface area contributed by atoms with Crippen LogP contribution in [0.25, 0.3) is 0 Å². The van der Waals surface area contributed by atoms with Crippen LogP contribution in [0.5, 0.6) is 0 Å². The zero-order chi connectivity index (χ0) is 14.8. The number of carbonyl (C=O) groups excluding carboxylic acids is 1. The van der Waals surface area contributed by atoms with Gasteiger partial charge < -0.3 is 20.7 Å². The first-order valence-electron chi connectivity index (χ1n) is 6.59. The van der Waals surface area contributed by atoms with Gasteiger partial charge >= 0.3 is 6.03 Å². The van der Waals surface area contributed by atoms with Gasteiger partial charge in [0.25, 0.3) is 0 Å². The number of hydrogen-bond donors (Lipinski definition) is 2. The van der Waals surface area contributed by atoms with Crippen LogP contribution in [0, 0.1) is 5.82 Å². The summed E-state index contributed by atoms with van der Waals surface area (Å²) in [7, 11) is 0. The van der Waals surface area contributed by atoms with E-state index in [1.54, 1.807) is 17.0 Å². The minimum atomic E-state index is -0.443. The van der Waals surface area contributed by atoms with Gasteiger partial charge in [-0.3, -0.25) is 0 Å². The molecular weight excluding hydrogens is 261 g/mol. The Morgan fingerprint density at radius 3 is 3.00 bits per heavy atom. The van der Waals surface area contributed by atoms with Crippen molar-refractivity contribution in [1.29, 1.82) is 0 Å². The number of urea groups is 1. The van der Waals surface area contributed by atoms with Gasteiger partial charge in [-0.25, -0.2) is 9.18 Å². The van der Waals surface area contributed by atoms with Crippen molar-refractivity contribution < 1.29 is 13.9 Å². The Morgan fingerprint density at radius 1 is 1.60 bits per heavy atom. The molecule has 1 unspecified atom stereocenters. The Hall–Kier alpha value is -1.66. The number of amides is 2. The molecule has 6 heteroatoms. The molecule has 1 aromatic rings. The number of carbonyl (C=O) groups is 1. The Morgan fingerprint density at radius 2 is 2.35 bits per heavy atom. The number of nitrogens with two attached hydrogens (primary N) is 1. The molecule has 110 valence electrons. The average Bonchev–Trinajstić information content (AvgIpc) is 2.36. The van der Waals surface area contributed by atoms with Crippen LogP contribution in [-0.4, -0.2) is 42.3 Å². The maximum Gasteiger partial charge on any atom is 0.322 e. The van der Waals surface area contributed by atoms with Crippen LogP contribution >= 0.6 is 0 Å². The van der Waals surface area contributed by atoms with Gasteiger partial charge in [-0.15, -0.1) is 0 Å². The van der Waals surface area contributed by atoms with Gasteiger partial charge in [0.2, 0.25) is 0 Å². The maximum atomic E-state index is 13.1. The highest BCUT2D eigenvalue weighted by Gasteiger charge is 2.35. The number of benzene rings is 1. The number of hydrogen-bond acceptors (Lipinski definition) is 3. The smallest absolute Gasteiger partial charge is 0.322 e. The third-order valence-corrected chi connectivity index (χ3v) is 3.11.